The third-order valence-electron chi connectivity index (χ3n) is 4.93. The Hall–Kier alpha value is -3.64. The van der Waals surface area contributed by atoms with Crippen molar-refractivity contribution in [2.45, 2.75) is 13.8 Å². The molecule has 3 aromatic heterocycles. The summed E-state index contributed by atoms with van der Waals surface area (Å²) >= 11 is 1.53. The van der Waals surface area contributed by atoms with Gasteiger partial charge in [0, 0.05) is 27.5 Å². The molecule has 0 fully saturated rings. The maximum absolute atomic E-state index is 5.64. The Kier molecular flexibility index (Phi) is 4.69. The molecule has 5 rings (SSSR count). The second-order valence-electron chi connectivity index (χ2n) is 7.10. The number of aryl methyl sites for hydroxylation is 2. The van der Waals surface area contributed by atoms with Gasteiger partial charge in [-0.25, -0.2) is 9.67 Å². The second kappa shape index (κ2) is 7.65. The number of nitrogens with one attached hydrogen (secondary N) is 1. The Morgan fingerprint density at radius 2 is 1.93 bits per heavy atom. The summed E-state index contributed by atoms with van der Waals surface area (Å²) in [6.45, 7) is 4.12. The zero-order valence-electron chi connectivity index (χ0n) is 16.7. The minimum absolute atomic E-state index is 0.754. The number of para-hydroxylation sites is 1. The minimum atomic E-state index is 0.754. The van der Waals surface area contributed by atoms with Crippen molar-refractivity contribution < 1.29 is 4.42 Å². The van der Waals surface area contributed by atoms with Crippen LogP contribution >= 0.6 is 11.3 Å². The smallest absolute Gasteiger partial charge is 0.211 e. The first-order valence-electron chi connectivity index (χ1n) is 9.66. The van der Waals surface area contributed by atoms with Crippen LogP contribution in [0.5, 0.6) is 0 Å². The monoisotopic (exact) mass is 412 g/mol. The number of nitrogens with zero attached hydrogens (tertiary/aromatic N) is 3. The van der Waals surface area contributed by atoms with E-state index in [9.17, 15) is 0 Å². The molecule has 5 aromatic rings. The van der Waals surface area contributed by atoms with Crippen LogP contribution in [0.1, 0.15) is 16.8 Å². The van der Waals surface area contributed by atoms with Crippen molar-refractivity contribution in [2.24, 2.45) is 10.1 Å². The third-order valence-corrected chi connectivity index (χ3v) is 5.75. The molecular formula is C24H20N4OS. The van der Waals surface area contributed by atoms with Crippen molar-refractivity contribution in [3.63, 3.8) is 0 Å². The molecule has 6 heteroatoms. The third kappa shape index (κ3) is 3.42. The average Bonchev–Trinajstić information content (AvgIpc) is 3.45. The summed E-state index contributed by atoms with van der Waals surface area (Å²) in [7, 11) is 0. The first-order valence-corrected chi connectivity index (χ1v) is 10.5. The normalized spacial score (nSPS) is 12.4. The summed E-state index contributed by atoms with van der Waals surface area (Å²) in [6, 6.07) is 20.2. The fraction of sp³-hybridized carbons (Fsp3) is 0.0833. The number of rotatable bonds is 4. The van der Waals surface area contributed by atoms with E-state index in [-0.39, 0.29) is 0 Å². The number of hydrogen-bond acceptors (Lipinski definition) is 4. The highest BCUT2D eigenvalue weighted by Gasteiger charge is 2.11. The number of hydrogen-bond donors (Lipinski definition) is 1. The van der Waals surface area contributed by atoms with E-state index in [0.29, 0.717) is 0 Å². The number of aromatic nitrogens is 2. The molecule has 0 saturated heterocycles. The lowest BCUT2D eigenvalue weighted by Crippen LogP contribution is -2.11. The molecule has 0 saturated carbocycles. The summed E-state index contributed by atoms with van der Waals surface area (Å²) < 4.78 is 7.48. The van der Waals surface area contributed by atoms with Crippen LogP contribution in [0.15, 0.2) is 86.8 Å². The van der Waals surface area contributed by atoms with E-state index in [1.165, 1.54) is 16.9 Å². The summed E-state index contributed by atoms with van der Waals surface area (Å²) in [6.07, 6.45) is 3.56. The van der Waals surface area contributed by atoms with Gasteiger partial charge in [0.25, 0.3) is 0 Å². The molecule has 0 atom stereocenters. The summed E-state index contributed by atoms with van der Waals surface area (Å²) in [5, 5.41) is 7.99. The average molecular weight is 413 g/mol. The van der Waals surface area contributed by atoms with Crippen molar-refractivity contribution in [1.29, 1.82) is 0 Å². The molecule has 2 aromatic carbocycles. The fourth-order valence-corrected chi connectivity index (χ4v) is 4.31. The molecule has 3 heterocycles. The van der Waals surface area contributed by atoms with Gasteiger partial charge < -0.3 is 9.40 Å². The largest absolute Gasteiger partial charge is 0.463 e. The lowest BCUT2D eigenvalue weighted by Gasteiger charge is -2.01. The van der Waals surface area contributed by atoms with E-state index in [4.69, 9.17) is 14.5 Å². The number of aromatic amines is 1. The predicted octanol–water partition coefficient (Wildman–Crippen LogP) is 6.02. The summed E-state index contributed by atoms with van der Waals surface area (Å²) in [5.41, 5.74) is 6.18. The Labute approximate surface area is 177 Å². The number of thiazole rings is 1. The van der Waals surface area contributed by atoms with Crippen LogP contribution in [0.3, 0.4) is 0 Å². The van der Waals surface area contributed by atoms with Crippen LogP contribution in [0.25, 0.3) is 22.4 Å². The van der Waals surface area contributed by atoms with Gasteiger partial charge >= 0.3 is 0 Å². The van der Waals surface area contributed by atoms with Gasteiger partial charge in [0.15, 0.2) is 5.76 Å². The van der Waals surface area contributed by atoms with Gasteiger partial charge in [-0.15, -0.1) is 11.3 Å². The lowest BCUT2D eigenvalue weighted by atomic mass is 10.1. The van der Waals surface area contributed by atoms with Crippen LogP contribution in [0.4, 0.5) is 5.69 Å². The maximum Gasteiger partial charge on any atom is 0.211 e. The van der Waals surface area contributed by atoms with Gasteiger partial charge in [-0.05, 0) is 49.7 Å². The van der Waals surface area contributed by atoms with E-state index in [1.54, 1.807) is 6.26 Å². The Balaban J connectivity index is 1.67. The summed E-state index contributed by atoms with van der Waals surface area (Å²) in [5.74, 6) is 0.754. The first kappa shape index (κ1) is 18.4. The molecule has 30 heavy (non-hydrogen) atoms. The SMILES string of the molecule is Cc1cccc(N=c2scc(-c3ccco3)n2N=Cc2c(C)[nH]c3ccccc23)c1. The van der Waals surface area contributed by atoms with Crippen molar-refractivity contribution in [3.05, 3.63) is 93.9 Å². The van der Waals surface area contributed by atoms with Crippen LogP contribution in [-0.4, -0.2) is 15.9 Å². The van der Waals surface area contributed by atoms with Gasteiger partial charge in [-0.3, -0.25) is 0 Å². The highest BCUT2D eigenvalue weighted by atomic mass is 32.1. The molecule has 5 nitrogen and oxygen atoms in total. The minimum Gasteiger partial charge on any atom is -0.463 e. The second-order valence-corrected chi connectivity index (χ2v) is 7.93. The van der Waals surface area contributed by atoms with Gasteiger partial charge in [-0.2, -0.15) is 5.10 Å². The topological polar surface area (TPSA) is 58.6 Å². The van der Waals surface area contributed by atoms with Gasteiger partial charge in [0.05, 0.1) is 18.2 Å². The van der Waals surface area contributed by atoms with Gasteiger partial charge in [0.1, 0.15) is 5.69 Å². The molecule has 0 spiro atoms. The zero-order chi connectivity index (χ0) is 20.5. The molecule has 0 radical (unpaired) electrons. The zero-order valence-corrected chi connectivity index (χ0v) is 17.5. The van der Waals surface area contributed by atoms with Crippen molar-refractivity contribution >= 4 is 34.1 Å². The van der Waals surface area contributed by atoms with Crippen molar-refractivity contribution in [2.75, 3.05) is 0 Å². The number of H-pyrrole nitrogens is 1. The first-order chi connectivity index (χ1) is 14.7. The number of benzene rings is 2. The molecule has 148 valence electrons. The van der Waals surface area contributed by atoms with Crippen molar-refractivity contribution in [3.8, 4) is 11.5 Å². The molecule has 0 bridgehead atoms. The van der Waals surface area contributed by atoms with E-state index in [1.807, 2.05) is 52.7 Å². The molecule has 0 aliphatic carbocycles. The molecule has 0 amide bonds. The van der Waals surface area contributed by atoms with Gasteiger partial charge in [-0.1, -0.05) is 30.3 Å². The van der Waals surface area contributed by atoms with Crippen molar-refractivity contribution in [1.82, 2.24) is 9.66 Å². The molecule has 0 aliphatic rings. The van der Waals surface area contributed by atoms with Crippen LogP contribution in [0, 0.1) is 13.8 Å². The quantitative estimate of drug-likeness (QED) is 0.360. The fourth-order valence-electron chi connectivity index (χ4n) is 3.47. The Morgan fingerprint density at radius 3 is 2.77 bits per heavy atom. The highest BCUT2D eigenvalue weighted by Crippen LogP contribution is 2.23. The van der Waals surface area contributed by atoms with Crippen LogP contribution < -0.4 is 4.80 Å². The molecular weight excluding hydrogens is 392 g/mol. The van der Waals surface area contributed by atoms with Crippen LogP contribution in [-0.2, 0) is 0 Å². The maximum atomic E-state index is 5.64. The summed E-state index contributed by atoms with van der Waals surface area (Å²) in [4.78, 5) is 9.03. The van der Waals surface area contributed by atoms with E-state index < -0.39 is 0 Å². The van der Waals surface area contributed by atoms with Gasteiger partial charge in [0.2, 0.25) is 4.80 Å². The lowest BCUT2D eigenvalue weighted by molar-refractivity contribution is 0.575. The molecule has 0 unspecified atom stereocenters. The molecule has 1 N–H and O–H groups in total. The standard InChI is InChI=1S/C24H20N4OS/c1-16-7-5-8-18(13-16)27-24-28(22(15-30-24)23-11-6-12-29-23)25-14-20-17(2)26-21-10-4-3-9-19(20)21/h3-15,26H,1-2H3. The number of furan rings is 1. The van der Waals surface area contributed by atoms with E-state index in [0.717, 1.165) is 44.1 Å². The highest BCUT2D eigenvalue weighted by molar-refractivity contribution is 7.07. The van der Waals surface area contributed by atoms with E-state index >= 15 is 0 Å². The number of fused-ring (bicyclic) bond motifs is 1. The predicted molar refractivity (Wildman–Crippen MR) is 122 cm³/mol. The Bertz CT molecular complexity index is 1420. The molecule has 0 aliphatic heterocycles. The Morgan fingerprint density at radius 1 is 1.03 bits per heavy atom. The van der Waals surface area contributed by atoms with Crippen LogP contribution in [0.2, 0.25) is 0 Å². The van der Waals surface area contributed by atoms with E-state index in [2.05, 4.69) is 43.1 Å².